The lowest BCUT2D eigenvalue weighted by atomic mass is 10.2. The van der Waals surface area contributed by atoms with Crippen LogP contribution >= 0.6 is 0 Å². The van der Waals surface area contributed by atoms with Crippen LogP contribution in [-0.4, -0.2) is 15.8 Å². The van der Waals surface area contributed by atoms with Gasteiger partial charge < -0.3 is 15.1 Å². The van der Waals surface area contributed by atoms with Gasteiger partial charge in [0.2, 0.25) is 0 Å². The van der Waals surface area contributed by atoms with Crippen LogP contribution in [-0.2, 0) is 19.6 Å². The molecule has 0 saturated carbocycles. The Labute approximate surface area is 118 Å². The van der Waals surface area contributed by atoms with Gasteiger partial charge >= 0.3 is 6.03 Å². The molecule has 0 unspecified atom stereocenters. The molecular weight excluding hydrogens is 256 g/mol. The van der Waals surface area contributed by atoms with Crippen LogP contribution in [0, 0.1) is 13.8 Å². The molecule has 0 aliphatic carbocycles. The van der Waals surface area contributed by atoms with Gasteiger partial charge in [-0.3, -0.25) is 4.68 Å². The van der Waals surface area contributed by atoms with Crippen LogP contribution < -0.4 is 10.6 Å². The van der Waals surface area contributed by atoms with E-state index in [4.69, 9.17) is 4.42 Å². The molecule has 6 heteroatoms. The summed E-state index contributed by atoms with van der Waals surface area (Å²) in [4.78, 5) is 11.7. The number of carbonyl (C=O) groups is 1. The van der Waals surface area contributed by atoms with E-state index in [1.54, 1.807) is 12.3 Å². The van der Waals surface area contributed by atoms with Crippen molar-refractivity contribution in [2.24, 2.45) is 0 Å². The van der Waals surface area contributed by atoms with Gasteiger partial charge in [-0.2, -0.15) is 5.10 Å². The van der Waals surface area contributed by atoms with Gasteiger partial charge in [0.05, 0.1) is 18.5 Å². The van der Waals surface area contributed by atoms with Crippen LogP contribution in [0.25, 0.3) is 0 Å². The summed E-state index contributed by atoms with van der Waals surface area (Å²) < 4.78 is 7.08. The van der Waals surface area contributed by atoms with Gasteiger partial charge in [0, 0.05) is 24.3 Å². The molecule has 108 valence electrons. The molecule has 0 bridgehead atoms. The minimum absolute atomic E-state index is 0.218. The normalized spacial score (nSPS) is 10.6. The summed E-state index contributed by atoms with van der Waals surface area (Å²) in [6.45, 7) is 7.70. The number of nitrogens with zero attached hydrogens (tertiary/aromatic N) is 2. The van der Waals surface area contributed by atoms with Crippen molar-refractivity contribution in [2.75, 3.05) is 0 Å². The molecule has 0 saturated heterocycles. The highest BCUT2D eigenvalue weighted by Crippen LogP contribution is 2.12. The minimum Gasteiger partial charge on any atom is -0.467 e. The highest BCUT2D eigenvalue weighted by atomic mass is 16.3. The molecule has 0 aliphatic heterocycles. The largest absolute Gasteiger partial charge is 0.467 e. The highest BCUT2D eigenvalue weighted by molar-refractivity contribution is 5.73. The molecule has 0 aromatic carbocycles. The zero-order chi connectivity index (χ0) is 14.5. The van der Waals surface area contributed by atoms with Crippen LogP contribution in [0.1, 0.15) is 29.6 Å². The number of aromatic nitrogens is 2. The third kappa shape index (κ3) is 3.20. The maximum Gasteiger partial charge on any atom is 0.315 e. The number of carbonyl (C=O) groups excluding carboxylic acids is 1. The Morgan fingerprint density at radius 3 is 2.70 bits per heavy atom. The fraction of sp³-hybridized carbons (Fsp3) is 0.429. The lowest BCUT2D eigenvalue weighted by Gasteiger charge is -2.07. The molecule has 2 amide bonds. The summed E-state index contributed by atoms with van der Waals surface area (Å²) in [5.74, 6) is 0.728. The van der Waals surface area contributed by atoms with Crippen molar-refractivity contribution in [3.63, 3.8) is 0 Å². The molecule has 20 heavy (non-hydrogen) atoms. The Morgan fingerprint density at radius 1 is 1.35 bits per heavy atom. The van der Waals surface area contributed by atoms with E-state index in [9.17, 15) is 4.79 Å². The van der Waals surface area contributed by atoms with Crippen LogP contribution in [0.3, 0.4) is 0 Å². The SMILES string of the molecule is CCn1nc(C)c(CNC(=O)NCc2ccco2)c1C. The second-order valence-electron chi connectivity index (χ2n) is 4.58. The van der Waals surface area contributed by atoms with Crippen molar-refractivity contribution in [2.45, 2.75) is 40.4 Å². The molecular formula is C14H20N4O2. The van der Waals surface area contributed by atoms with Crippen molar-refractivity contribution in [1.82, 2.24) is 20.4 Å². The molecule has 0 aliphatic rings. The van der Waals surface area contributed by atoms with Gasteiger partial charge in [-0.15, -0.1) is 0 Å². The van der Waals surface area contributed by atoms with Crippen molar-refractivity contribution >= 4 is 6.03 Å². The average Bonchev–Trinajstić information content (AvgIpc) is 3.03. The Morgan fingerprint density at radius 2 is 2.10 bits per heavy atom. The predicted molar refractivity (Wildman–Crippen MR) is 75.2 cm³/mol. The highest BCUT2D eigenvalue weighted by Gasteiger charge is 2.11. The number of rotatable bonds is 5. The van der Waals surface area contributed by atoms with E-state index in [2.05, 4.69) is 15.7 Å². The van der Waals surface area contributed by atoms with Crippen LogP contribution in [0.5, 0.6) is 0 Å². The fourth-order valence-corrected chi connectivity index (χ4v) is 2.11. The van der Waals surface area contributed by atoms with Crippen molar-refractivity contribution in [1.29, 1.82) is 0 Å². The number of aryl methyl sites for hydroxylation is 2. The van der Waals surface area contributed by atoms with E-state index < -0.39 is 0 Å². The lowest BCUT2D eigenvalue weighted by Crippen LogP contribution is -2.34. The van der Waals surface area contributed by atoms with Gasteiger partial charge in [-0.1, -0.05) is 0 Å². The van der Waals surface area contributed by atoms with E-state index in [1.807, 2.05) is 31.5 Å². The minimum atomic E-state index is -0.218. The van der Waals surface area contributed by atoms with Gasteiger partial charge in [0.25, 0.3) is 0 Å². The standard InChI is InChI=1S/C14H20N4O2/c1-4-18-11(3)13(10(2)17-18)9-16-14(19)15-8-12-6-5-7-20-12/h5-7H,4,8-9H2,1-3H3,(H2,15,16,19). The average molecular weight is 276 g/mol. The van der Waals surface area contributed by atoms with Crippen LogP contribution in [0.4, 0.5) is 4.79 Å². The molecule has 2 heterocycles. The zero-order valence-corrected chi connectivity index (χ0v) is 12.1. The molecule has 2 aromatic heterocycles. The Bertz CT molecular complexity index is 572. The molecule has 2 aromatic rings. The van der Waals surface area contributed by atoms with E-state index in [1.165, 1.54) is 0 Å². The van der Waals surface area contributed by atoms with Gasteiger partial charge in [-0.05, 0) is 32.9 Å². The third-order valence-electron chi connectivity index (χ3n) is 3.26. The van der Waals surface area contributed by atoms with E-state index >= 15 is 0 Å². The molecule has 0 atom stereocenters. The van der Waals surface area contributed by atoms with Crippen LogP contribution in [0.15, 0.2) is 22.8 Å². The summed E-state index contributed by atoms with van der Waals surface area (Å²) >= 11 is 0. The summed E-state index contributed by atoms with van der Waals surface area (Å²) in [6, 6.07) is 3.39. The first-order chi connectivity index (χ1) is 9.61. The maximum atomic E-state index is 11.7. The van der Waals surface area contributed by atoms with E-state index in [0.29, 0.717) is 13.1 Å². The molecule has 6 nitrogen and oxygen atoms in total. The number of amides is 2. The Hall–Kier alpha value is -2.24. The molecule has 0 fully saturated rings. The van der Waals surface area contributed by atoms with Gasteiger partial charge in [-0.25, -0.2) is 4.79 Å². The monoisotopic (exact) mass is 276 g/mol. The summed E-state index contributed by atoms with van der Waals surface area (Å²) in [5, 5.41) is 10.0. The molecule has 0 radical (unpaired) electrons. The van der Waals surface area contributed by atoms with E-state index in [-0.39, 0.29) is 6.03 Å². The first kappa shape index (κ1) is 14.2. The Balaban J connectivity index is 1.85. The quantitative estimate of drug-likeness (QED) is 0.878. The third-order valence-corrected chi connectivity index (χ3v) is 3.26. The topological polar surface area (TPSA) is 72.1 Å². The molecule has 2 rings (SSSR count). The van der Waals surface area contributed by atoms with Crippen molar-refractivity contribution in [3.8, 4) is 0 Å². The number of hydrogen-bond donors (Lipinski definition) is 2. The molecule has 2 N–H and O–H groups in total. The van der Waals surface area contributed by atoms with Crippen molar-refractivity contribution < 1.29 is 9.21 Å². The number of nitrogens with one attached hydrogen (secondary N) is 2. The predicted octanol–water partition coefficient (Wildman–Crippen LogP) is 2.11. The Kier molecular flexibility index (Phi) is 4.45. The summed E-state index contributed by atoms with van der Waals surface area (Å²) in [6.07, 6.45) is 1.58. The number of hydrogen-bond acceptors (Lipinski definition) is 3. The second-order valence-corrected chi connectivity index (χ2v) is 4.58. The first-order valence-electron chi connectivity index (χ1n) is 6.68. The number of urea groups is 1. The van der Waals surface area contributed by atoms with Gasteiger partial charge in [0.15, 0.2) is 0 Å². The second kappa shape index (κ2) is 6.27. The van der Waals surface area contributed by atoms with Crippen LogP contribution in [0.2, 0.25) is 0 Å². The van der Waals surface area contributed by atoms with Gasteiger partial charge in [0.1, 0.15) is 5.76 Å². The van der Waals surface area contributed by atoms with E-state index in [0.717, 1.165) is 29.3 Å². The maximum absolute atomic E-state index is 11.7. The summed E-state index contributed by atoms with van der Waals surface area (Å²) in [5.41, 5.74) is 3.12. The smallest absolute Gasteiger partial charge is 0.315 e. The summed E-state index contributed by atoms with van der Waals surface area (Å²) in [7, 11) is 0. The van der Waals surface area contributed by atoms with Crippen molar-refractivity contribution in [3.05, 3.63) is 41.1 Å². The first-order valence-corrected chi connectivity index (χ1v) is 6.68. The zero-order valence-electron chi connectivity index (χ0n) is 12.1. The fourth-order valence-electron chi connectivity index (χ4n) is 2.11. The number of furan rings is 1. The molecule has 0 spiro atoms. The lowest BCUT2D eigenvalue weighted by molar-refractivity contribution is 0.239.